The van der Waals surface area contributed by atoms with Crippen molar-refractivity contribution in [2.24, 2.45) is 0 Å². The maximum Gasteiger partial charge on any atom is 0.127 e. The average Bonchev–Trinajstić information content (AvgIpc) is 2.51. The predicted octanol–water partition coefficient (Wildman–Crippen LogP) is 4.56. The van der Waals surface area contributed by atoms with Crippen molar-refractivity contribution < 1.29 is 14.9 Å². The summed E-state index contributed by atoms with van der Waals surface area (Å²) in [5, 5.41) is 18.5. The zero-order valence-electron chi connectivity index (χ0n) is 11.2. The van der Waals surface area contributed by atoms with Gasteiger partial charge >= 0.3 is 0 Å². The molecule has 21 heavy (non-hydrogen) atoms. The van der Waals surface area contributed by atoms with Gasteiger partial charge in [0, 0.05) is 0 Å². The summed E-state index contributed by atoms with van der Waals surface area (Å²) in [6, 6.07) is 21.3. The van der Waals surface area contributed by atoms with Gasteiger partial charge in [-0.15, -0.1) is 0 Å². The van der Waals surface area contributed by atoms with Crippen LogP contribution >= 0.6 is 0 Å². The van der Waals surface area contributed by atoms with E-state index in [9.17, 15) is 10.2 Å². The molecule has 3 nitrogen and oxygen atoms in total. The van der Waals surface area contributed by atoms with E-state index in [4.69, 9.17) is 4.74 Å². The Balaban J connectivity index is 1.77. The molecule has 0 spiro atoms. The largest absolute Gasteiger partial charge is 0.508 e. The number of benzene rings is 3. The second kappa shape index (κ2) is 5.59. The number of hydrogen-bond acceptors (Lipinski definition) is 3. The molecule has 0 aromatic heterocycles. The number of rotatable bonds is 3. The van der Waals surface area contributed by atoms with Gasteiger partial charge in [0.05, 0.1) is 0 Å². The summed E-state index contributed by atoms with van der Waals surface area (Å²) in [5.41, 5.74) is 2.08. The van der Waals surface area contributed by atoms with Crippen molar-refractivity contribution in [2.75, 3.05) is 0 Å². The lowest BCUT2D eigenvalue weighted by Gasteiger charge is -2.07. The van der Waals surface area contributed by atoms with Crippen LogP contribution in [0.1, 0.15) is 0 Å². The lowest BCUT2D eigenvalue weighted by molar-refractivity contribution is 0.464. The summed E-state index contributed by atoms with van der Waals surface area (Å²) in [6.07, 6.45) is 0. The Morgan fingerprint density at radius 1 is 0.476 bits per heavy atom. The van der Waals surface area contributed by atoms with Gasteiger partial charge in [0.15, 0.2) is 0 Å². The summed E-state index contributed by atoms with van der Waals surface area (Å²) in [7, 11) is 0. The summed E-state index contributed by atoms with van der Waals surface area (Å²) in [6.45, 7) is 0. The normalized spacial score (nSPS) is 10.3. The Hall–Kier alpha value is -2.94. The average molecular weight is 278 g/mol. The zero-order valence-corrected chi connectivity index (χ0v) is 11.2. The van der Waals surface area contributed by atoms with E-state index in [1.54, 1.807) is 36.4 Å². The van der Waals surface area contributed by atoms with Crippen LogP contribution in [0.4, 0.5) is 0 Å². The Morgan fingerprint density at radius 2 is 0.810 bits per heavy atom. The Kier molecular flexibility index (Phi) is 3.48. The van der Waals surface area contributed by atoms with Gasteiger partial charge < -0.3 is 14.9 Å². The Labute approximate surface area is 122 Å². The quantitative estimate of drug-likeness (QED) is 0.738. The SMILES string of the molecule is Oc1ccc(Oc2ccc(-c3ccc(O)cc3)cc2)cc1. The Bertz CT molecular complexity index is 714. The van der Waals surface area contributed by atoms with Gasteiger partial charge in [0.25, 0.3) is 0 Å². The summed E-state index contributed by atoms with van der Waals surface area (Å²) in [4.78, 5) is 0. The molecule has 0 saturated heterocycles. The first-order valence-electron chi connectivity index (χ1n) is 6.57. The standard InChI is InChI=1S/C18H14O3/c19-15-5-1-13(2-6-15)14-3-9-17(10-4-14)21-18-11-7-16(20)8-12-18/h1-12,19-20H. The highest BCUT2D eigenvalue weighted by molar-refractivity contribution is 5.64. The molecule has 2 N–H and O–H groups in total. The van der Waals surface area contributed by atoms with Crippen molar-refractivity contribution in [3.05, 3.63) is 72.8 Å². The van der Waals surface area contributed by atoms with Gasteiger partial charge in [-0.25, -0.2) is 0 Å². The summed E-state index contributed by atoms with van der Waals surface area (Å²) >= 11 is 0. The molecule has 0 fully saturated rings. The third-order valence-corrected chi connectivity index (χ3v) is 3.13. The minimum atomic E-state index is 0.213. The van der Waals surface area contributed by atoms with Crippen molar-refractivity contribution in [1.82, 2.24) is 0 Å². The van der Waals surface area contributed by atoms with Crippen LogP contribution in [0.15, 0.2) is 72.8 Å². The van der Waals surface area contributed by atoms with E-state index < -0.39 is 0 Å². The number of hydrogen-bond donors (Lipinski definition) is 2. The molecule has 0 saturated carbocycles. The molecular weight excluding hydrogens is 264 g/mol. The fraction of sp³-hybridized carbons (Fsp3) is 0. The summed E-state index contributed by atoms with van der Waals surface area (Å²) < 4.78 is 5.69. The van der Waals surface area contributed by atoms with Crippen LogP contribution in [0.25, 0.3) is 11.1 Å². The van der Waals surface area contributed by atoms with Crippen molar-refractivity contribution >= 4 is 0 Å². The molecule has 0 aliphatic heterocycles. The van der Waals surface area contributed by atoms with E-state index in [0.717, 1.165) is 16.9 Å². The van der Waals surface area contributed by atoms with Gasteiger partial charge in [-0.05, 0) is 59.7 Å². The number of ether oxygens (including phenoxy) is 1. The molecular formula is C18H14O3. The molecule has 0 bridgehead atoms. The molecule has 3 heteroatoms. The molecule has 0 atom stereocenters. The van der Waals surface area contributed by atoms with E-state index in [1.807, 2.05) is 36.4 Å². The van der Waals surface area contributed by atoms with E-state index in [0.29, 0.717) is 5.75 Å². The van der Waals surface area contributed by atoms with Crippen LogP contribution in [-0.2, 0) is 0 Å². The van der Waals surface area contributed by atoms with Gasteiger partial charge in [0.2, 0.25) is 0 Å². The van der Waals surface area contributed by atoms with Gasteiger partial charge in [-0.3, -0.25) is 0 Å². The second-order valence-corrected chi connectivity index (χ2v) is 4.67. The van der Waals surface area contributed by atoms with Crippen LogP contribution in [0.3, 0.4) is 0 Å². The smallest absolute Gasteiger partial charge is 0.127 e. The summed E-state index contributed by atoms with van der Waals surface area (Å²) in [5.74, 6) is 1.87. The first-order chi connectivity index (χ1) is 10.2. The van der Waals surface area contributed by atoms with E-state index >= 15 is 0 Å². The van der Waals surface area contributed by atoms with Crippen molar-refractivity contribution in [1.29, 1.82) is 0 Å². The molecule has 3 aromatic carbocycles. The van der Waals surface area contributed by atoms with Crippen molar-refractivity contribution in [3.63, 3.8) is 0 Å². The first kappa shape index (κ1) is 13.1. The van der Waals surface area contributed by atoms with Gasteiger partial charge in [-0.2, -0.15) is 0 Å². The maximum atomic E-state index is 9.29. The fourth-order valence-electron chi connectivity index (χ4n) is 2.02. The minimum Gasteiger partial charge on any atom is -0.508 e. The molecule has 104 valence electrons. The lowest BCUT2D eigenvalue weighted by atomic mass is 10.1. The molecule has 0 unspecified atom stereocenters. The second-order valence-electron chi connectivity index (χ2n) is 4.67. The number of phenolic OH excluding ortho intramolecular Hbond substituents is 2. The number of phenols is 2. The highest BCUT2D eigenvalue weighted by Crippen LogP contribution is 2.27. The van der Waals surface area contributed by atoms with Crippen LogP contribution in [0, 0.1) is 0 Å². The Morgan fingerprint density at radius 3 is 1.29 bits per heavy atom. The van der Waals surface area contributed by atoms with Crippen LogP contribution in [0.2, 0.25) is 0 Å². The molecule has 0 heterocycles. The maximum absolute atomic E-state index is 9.29. The predicted molar refractivity (Wildman–Crippen MR) is 81.7 cm³/mol. The molecule has 3 rings (SSSR count). The van der Waals surface area contributed by atoms with E-state index in [1.165, 1.54) is 0 Å². The topological polar surface area (TPSA) is 49.7 Å². The van der Waals surface area contributed by atoms with Gasteiger partial charge in [-0.1, -0.05) is 24.3 Å². The van der Waals surface area contributed by atoms with Crippen molar-refractivity contribution in [2.45, 2.75) is 0 Å². The first-order valence-corrected chi connectivity index (χ1v) is 6.57. The zero-order chi connectivity index (χ0) is 14.7. The molecule has 0 aliphatic rings. The van der Waals surface area contributed by atoms with Crippen LogP contribution in [-0.4, -0.2) is 10.2 Å². The van der Waals surface area contributed by atoms with Gasteiger partial charge in [0.1, 0.15) is 23.0 Å². The van der Waals surface area contributed by atoms with E-state index in [-0.39, 0.29) is 11.5 Å². The van der Waals surface area contributed by atoms with E-state index in [2.05, 4.69) is 0 Å². The van der Waals surface area contributed by atoms with Crippen LogP contribution < -0.4 is 4.74 Å². The monoisotopic (exact) mass is 278 g/mol. The molecule has 0 radical (unpaired) electrons. The molecule has 0 amide bonds. The highest BCUT2D eigenvalue weighted by Gasteiger charge is 2.00. The third-order valence-electron chi connectivity index (χ3n) is 3.13. The third kappa shape index (κ3) is 3.15. The molecule has 0 aliphatic carbocycles. The highest BCUT2D eigenvalue weighted by atomic mass is 16.5. The van der Waals surface area contributed by atoms with Crippen LogP contribution in [0.5, 0.6) is 23.0 Å². The van der Waals surface area contributed by atoms with Crippen molar-refractivity contribution in [3.8, 4) is 34.1 Å². The minimum absolute atomic E-state index is 0.213. The number of aromatic hydroxyl groups is 2. The lowest BCUT2D eigenvalue weighted by Crippen LogP contribution is -1.84. The fourth-order valence-corrected chi connectivity index (χ4v) is 2.02. The molecule has 3 aromatic rings.